The van der Waals surface area contributed by atoms with E-state index in [4.69, 9.17) is 9.47 Å². The largest absolute Gasteiger partial charge is 0.493 e. The van der Waals surface area contributed by atoms with Crippen LogP contribution in [0.15, 0.2) is 23.2 Å². The van der Waals surface area contributed by atoms with E-state index in [1.807, 2.05) is 17.9 Å². The number of guanidine groups is 1. The zero-order chi connectivity index (χ0) is 20.9. The van der Waals surface area contributed by atoms with Crippen LogP contribution in [0.2, 0.25) is 0 Å². The third-order valence-electron chi connectivity index (χ3n) is 4.81. The number of methoxy groups -OCH3 is 1. The summed E-state index contributed by atoms with van der Waals surface area (Å²) in [6.45, 7) is 9.03. The fourth-order valence-electron chi connectivity index (χ4n) is 3.23. The number of rotatable bonds is 11. The van der Waals surface area contributed by atoms with E-state index in [1.54, 1.807) is 7.11 Å². The first-order chi connectivity index (χ1) is 14.1. The van der Waals surface area contributed by atoms with Gasteiger partial charge in [0.2, 0.25) is 5.91 Å². The molecule has 1 fully saturated rings. The van der Waals surface area contributed by atoms with Crippen LogP contribution >= 0.6 is 24.0 Å². The summed E-state index contributed by atoms with van der Waals surface area (Å²) in [4.78, 5) is 18.8. The highest BCUT2D eigenvalue weighted by atomic mass is 127. The molecule has 1 heterocycles. The molecule has 2 rings (SSSR count). The van der Waals surface area contributed by atoms with Crippen LogP contribution in [0.1, 0.15) is 43.7 Å². The zero-order valence-corrected chi connectivity index (χ0v) is 20.9. The second-order valence-corrected chi connectivity index (χ2v) is 7.27. The number of halogens is 1. The summed E-state index contributed by atoms with van der Waals surface area (Å²) in [6, 6.07) is 6.18. The molecule has 0 aliphatic carbocycles. The fraction of sp³-hybridized carbons (Fsp3) is 0.636. The Hall–Kier alpha value is -1.55. The Balaban J connectivity index is 0.00000450. The lowest BCUT2D eigenvalue weighted by molar-refractivity contribution is -0.129. The van der Waals surface area contributed by atoms with Gasteiger partial charge < -0.3 is 25.0 Å². The summed E-state index contributed by atoms with van der Waals surface area (Å²) < 4.78 is 11.0. The lowest BCUT2D eigenvalue weighted by Gasteiger charge is -2.16. The molecular formula is C22H37IN4O3. The average Bonchev–Trinajstić information content (AvgIpc) is 3.25. The monoisotopic (exact) mass is 532 g/mol. The molecule has 1 aliphatic rings. The third-order valence-corrected chi connectivity index (χ3v) is 4.81. The molecule has 0 unspecified atom stereocenters. The number of aliphatic imine (C=N–C) groups is 1. The van der Waals surface area contributed by atoms with Crippen LogP contribution in [0, 0.1) is 6.92 Å². The van der Waals surface area contributed by atoms with Crippen molar-refractivity contribution in [2.45, 2.75) is 46.1 Å². The van der Waals surface area contributed by atoms with Crippen molar-refractivity contribution in [2.24, 2.45) is 4.99 Å². The Kier molecular flexibility index (Phi) is 13.5. The van der Waals surface area contributed by atoms with Crippen molar-refractivity contribution in [1.29, 1.82) is 0 Å². The molecule has 170 valence electrons. The van der Waals surface area contributed by atoms with Crippen molar-refractivity contribution in [2.75, 3.05) is 46.5 Å². The predicted molar refractivity (Wildman–Crippen MR) is 132 cm³/mol. The van der Waals surface area contributed by atoms with Gasteiger partial charge >= 0.3 is 0 Å². The molecule has 0 aromatic heterocycles. The van der Waals surface area contributed by atoms with E-state index in [0.29, 0.717) is 38.7 Å². The van der Waals surface area contributed by atoms with E-state index in [-0.39, 0.29) is 29.9 Å². The Morgan fingerprint density at radius 3 is 2.67 bits per heavy atom. The minimum atomic E-state index is 0. The fourth-order valence-corrected chi connectivity index (χ4v) is 3.23. The van der Waals surface area contributed by atoms with Gasteiger partial charge in [0.25, 0.3) is 0 Å². The Morgan fingerprint density at radius 2 is 1.97 bits per heavy atom. The summed E-state index contributed by atoms with van der Waals surface area (Å²) in [5, 5.41) is 6.51. The molecule has 2 N–H and O–H groups in total. The SMILES string of the molecule is CCNC(=NCc1ccc(C)cc1OCCCOC)NCCC(=O)N1CCCC1.I. The van der Waals surface area contributed by atoms with E-state index < -0.39 is 0 Å². The van der Waals surface area contributed by atoms with Crippen LogP contribution in [-0.4, -0.2) is 63.3 Å². The quantitative estimate of drug-likeness (QED) is 0.198. The van der Waals surface area contributed by atoms with E-state index >= 15 is 0 Å². The summed E-state index contributed by atoms with van der Waals surface area (Å²) in [6.07, 6.45) is 3.58. The molecule has 1 amide bonds. The maximum absolute atomic E-state index is 12.2. The molecule has 0 atom stereocenters. The first-order valence-corrected chi connectivity index (χ1v) is 10.6. The van der Waals surface area contributed by atoms with E-state index in [0.717, 1.165) is 55.8 Å². The van der Waals surface area contributed by atoms with Gasteiger partial charge in [0.1, 0.15) is 5.75 Å². The number of aryl methyl sites for hydroxylation is 1. The topological polar surface area (TPSA) is 75.2 Å². The molecule has 1 aromatic carbocycles. The maximum atomic E-state index is 12.2. The molecule has 7 nitrogen and oxygen atoms in total. The molecule has 0 radical (unpaired) electrons. The van der Waals surface area contributed by atoms with Gasteiger partial charge in [-0.15, -0.1) is 24.0 Å². The molecule has 0 bridgehead atoms. The van der Waals surface area contributed by atoms with Crippen LogP contribution in [0.5, 0.6) is 5.75 Å². The van der Waals surface area contributed by atoms with Crippen molar-refractivity contribution in [3.05, 3.63) is 29.3 Å². The Bertz CT molecular complexity index is 664. The van der Waals surface area contributed by atoms with Gasteiger partial charge in [-0.1, -0.05) is 12.1 Å². The summed E-state index contributed by atoms with van der Waals surface area (Å²) in [5.41, 5.74) is 2.20. The van der Waals surface area contributed by atoms with Gasteiger partial charge in [0, 0.05) is 58.3 Å². The number of benzene rings is 1. The maximum Gasteiger partial charge on any atom is 0.224 e. The normalized spacial score (nSPS) is 13.7. The molecule has 1 aliphatic heterocycles. The number of hydrogen-bond acceptors (Lipinski definition) is 4. The number of amides is 1. The first-order valence-electron chi connectivity index (χ1n) is 10.6. The average molecular weight is 532 g/mol. The van der Waals surface area contributed by atoms with Crippen molar-refractivity contribution < 1.29 is 14.3 Å². The number of likely N-dealkylation sites (tertiary alicyclic amines) is 1. The van der Waals surface area contributed by atoms with Gasteiger partial charge in [-0.25, -0.2) is 4.99 Å². The van der Waals surface area contributed by atoms with Crippen LogP contribution in [0.3, 0.4) is 0 Å². The molecule has 8 heteroatoms. The highest BCUT2D eigenvalue weighted by molar-refractivity contribution is 14.0. The Morgan fingerprint density at radius 1 is 1.20 bits per heavy atom. The van der Waals surface area contributed by atoms with E-state index in [2.05, 4.69) is 34.7 Å². The van der Waals surface area contributed by atoms with Gasteiger partial charge in [-0.3, -0.25) is 4.79 Å². The lowest BCUT2D eigenvalue weighted by atomic mass is 10.1. The summed E-state index contributed by atoms with van der Waals surface area (Å²) >= 11 is 0. The standard InChI is InChI=1S/C22H36N4O3.HI/c1-4-23-22(24-11-10-21(27)26-12-5-6-13-26)25-17-19-9-8-18(2)16-20(19)29-15-7-14-28-3;/h8-9,16H,4-7,10-15,17H2,1-3H3,(H2,23,24,25);1H. The minimum Gasteiger partial charge on any atom is -0.493 e. The highest BCUT2D eigenvalue weighted by Gasteiger charge is 2.17. The van der Waals surface area contributed by atoms with Crippen molar-refractivity contribution in [1.82, 2.24) is 15.5 Å². The van der Waals surface area contributed by atoms with Crippen LogP contribution in [0.4, 0.5) is 0 Å². The predicted octanol–water partition coefficient (Wildman–Crippen LogP) is 3.10. The van der Waals surface area contributed by atoms with Gasteiger partial charge in [0.15, 0.2) is 5.96 Å². The van der Waals surface area contributed by atoms with E-state index in [9.17, 15) is 4.79 Å². The molecule has 30 heavy (non-hydrogen) atoms. The number of hydrogen-bond donors (Lipinski definition) is 2. The Labute approximate surface area is 198 Å². The van der Waals surface area contributed by atoms with E-state index in [1.165, 1.54) is 0 Å². The number of nitrogens with zero attached hydrogens (tertiary/aromatic N) is 2. The van der Waals surface area contributed by atoms with Gasteiger partial charge in [-0.05, 0) is 38.3 Å². The van der Waals surface area contributed by atoms with Crippen molar-refractivity contribution in [3.63, 3.8) is 0 Å². The second-order valence-electron chi connectivity index (χ2n) is 7.27. The van der Waals surface area contributed by atoms with Gasteiger partial charge in [-0.2, -0.15) is 0 Å². The highest BCUT2D eigenvalue weighted by Crippen LogP contribution is 2.21. The number of carbonyl (C=O) groups excluding carboxylic acids is 1. The van der Waals surface area contributed by atoms with Crippen LogP contribution < -0.4 is 15.4 Å². The second kappa shape index (κ2) is 15.3. The molecule has 0 saturated carbocycles. The molecule has 0 spiro atoms. The molecular weight excluding hydrogens is 495 g/mol. The number of nitrogens with one attached hydrogen (secondary N) is 2. The number of carbonyl (C=O) groups is 1. The first kappa shape index (κ1) is 26.5. The summed E-state index contributed by atoms with van der Waals surface area (Å²) in [7, 11) is 1.70. The molecule has 1 aromatic rings. The number of ether oxygens (including phenoxy) is 2. The lowest BCUT2D eigenvalue weighted by Crippen LogP contribution is -2.39. The smallest absolute Gasteiger partial charge is 0.224 e. The van der Waals surface area contributed by atoms with Gasteiger partial charge in [0.05, 0.1) is 13.2 Å². The minimum absolute atomic E-state index is 0. The molecule has 1 saturated heterocycles. The van der Waals surface area contributed by atoms with Crippen LogP contribution in [0.25, 0.3) is 0 Å². The zero-order valence-electron chi connectivity index (χ0n) is 18.5. The van der Waals surface area contributed by atoms with Crippen molar-refractivity contribution in [3.8, 4) is 5.75 Å². The third kappa shape index (κ3) is 9.51. The summed E-state index contributed by atoms with van der Waals surface area (Å²) in [5.74, 6) is 1.80. The van der Waals surface area contributed by atoms with Crippen LogP contribution in [-0.2, 0) is 16.1 Å². The van der Waals surface area contributed by atoms with Crippen molar-refractivity contribution >= 4 is 35.8 Å².